The minimum atomic E-state index is -1.07. The summed E-state index contributed by atoms with van der Waals surface area (Å²) in [6, 6.07) is 4.51. The van der Waals surface area contributed by atoms with Crippen molar-refractivity contribution in [2.24, 2.45) is 0 Å². The lowest BCUT2D eigenvalue weighted by atomic mass is 10.2. The molecule has 1 aromatic carbocycles. The van der Waals surface area contributed by atoms with Crippen LogP contribution in [0.5, 0.6) is 11.5 Å². The third-order valence-electron chi connectivity index (χ3n) is 1.98. The van der Waals surface area contributed by atoms with Crippen LogP contribution in [0.2, 0.25) is 0 Å². The molecule has 0 heterocycles. The predicted molar refractivity (Wildman–Crippen MR) is 56.1 cm³/mol. The number of hydrogen-bond acceptors (Lipinski definition) is 4. The fraction of sp³-hybridized carbons (Fsp3) is 0.273. The van der Waals surface area contributed by atoms with Gasteiger partial charge in [0.05, 0.1) is 7.11 Å². The Labute approximate surface area is 92.6 Å². The molecule has 1 rings (SSSR count). The molecule has 0 spiro atoms. The average Bonchev–Trinajstić information content (AvgIpc) is 2.29. The summed E-state index contributed by atoms with van der Waals surface area (Å²) in [5.41, 5.74) is 0.437. The van der Waals surface area contributed by atoms with Gasteiger partial charge in [0.1, 0.15) is 6.29 Å². The van der Waals surface area contributed by atoms with E-state index in [1.807, 2.05) is 0 Å². The lowest BCUT2D eigenvalue weighted by molar-refractivity contribution is -0.144. The summed E-state index contributed by atoms with van der Waals surface area (Å²) in [7, 11) is 1.42. The highest BCUT2D eigenvalue weighted by atomic mass is 16.5. The smallest absolute Gasteiger partial charge is 0.344 e. The third-order valence-corrected chi connectivity index (χ3v) is 1.98. The highest BCUT2D eigenvalue weighted by Gasteiger charge is 2.15. The van der Waals surface area contributed by atoms with E-state index in [1.165, 1.54) is 32.2 Å². The summed E-state index contributed by atoms with van der Waals surface area (Å²) in [5.74, 6) is -0.442. The first-order valence-electron chi connectivity index (χ1n) is 4.61. The van der Waals surface area contributed by atoms with E-state index in [0.29, 0.717) is 23.3 Å². The fourth-order valence-corrected chi connectivity index (χ4v) is 1.10. The summed E-state index contributed by atoms with van der Waals surface area (Å²) in [6.07, 6.45) is -0.302. The minimum absolute atomic E-state index is 0.294. The molecule has 5 heteroatoms. The Morgan fingerprint density at radius 3 is 2.62 bits per heavy atom. The molecule has 0 aliphatic heterocycles. The van der Waals surface area contributed by atoms with E-state index in [2.05, 4.69) is 0 Å². The standard InChI is InChI=1S/C11H12O5/c1-7(11(13)14)16-9-4-3-8(6-12)5-10(9)15-2/h3-7H,1-2H3,(H,13,14). The lowest BCUT2D eigenvalue weighted by Crippen LogP contribution is -2.23. The maximum atomic E-state index is 10.6. The van der Waals surface area contributed by atoms with E-state index in [1.54, 1.807) is 0 Å². The Morgan fingerprint density at radius 1 is 1.44 bits per heavy atom. The van der Waals surface area contributed by atoms with Crippen LogP contribution in [-0.2, 0) is 4.79 Å². The summed E-state index contributed by atoms with van der Waals surface area (Å²) >= 11 is 0. The molecular weight excluding hydrogens is 212 g/mol. The van der Waals surface area contributed by atoms with E-state index in [4.69, 9.17) is 14.6 Å². The molecule has 0 radical (unpaired) electrons. The molecule has 0 aromatic heterocycles. The van der Waals surface area contributed by atoms with Gasteiger partial charge in [-0.2, -0.15) is 0 Å². The molecule has 86 valence electrons. The van der Waals surface area contributed by atoms with E-state index >= 15 is 0 Å². The summed E-state index contributed by atoms with van der Waals surface area (Å²) in [4.78, 5) is 21.1. The second kappa shape index (κ2) is 5.16. The molecule has 1 unspecified atom stereocenters. The van der Waals surface area contributed by atoms with Gasteiger partial charge in [-0.1, -0.05) is 0 Å². The number of methoxy groups -OCH3 is 1. The van der Waals surface area contributed by atoms with Gasteiger partial charge in [-0.3, -0.25) is 4.79 Å². The summed E-state index contributed by atoms with van der Waals surface area (Å²) in [6.45, 7) is 1.41. The number of aliphatic carboxylic acids is 1. The van der Waals surface area contributed by atoms with Crippen LogP contribution in [-0.4, -0.2) is 30.6 Å². The number of carbonyl (C=O) groups excluding carboxylic acids is 1. The second-order valence-electron chi connectivity index (χ2n) is 3.13. The zero-order valence-electron chi connectivity index (χ0n) is 8.97. The maximum Gasteiger partial charge on any atom is 0.344 e. The molecular formula is C11H12O5. The third kappa shape index (κ3) is 2.73. The zero-order valence-corrected chi connectivity index (χ0v) is 8.97. The van der Waals surface area contributed by atoms with Gasteiger partial charge in [0.15, 0.2) is 17.6 Å². The maximum absolute atomic E-state index is 10.6. The average molecular weight is 224 g/mol. The van der Waals surface area contributed by atoms with E-state index in [9.17, 15) is 9.59 Å². The van der Waals surface area contributed by atoms with Gasteiger partial charge in [-0.05, 0) is 25.1 Å². The molecule has 1 N–H and O–H groups in total. The van der Waals surface area contributed by atoms with Crippen LogP contribution in [0.1, 0.15) is 17.3 Å². The lowest BCUT2D eigenvalue weighted by Gasteiger charge is -2.13. The van der Waals surface area contributed by atoms with Crippen LogP contribution in [0, 0.1) is 0 Å². The Bertz CT molecular complexity index is 399. The first-order chi connectivity index (χ1) is 7.58. The van der Waals surface area contributed by atoms with Crippen LogP contribution >= 0.6 is 0 Å². The molecule has 0 saturated carbocycles. The summed E-state index contributed by atoms with van der Waals surface area (Å²) in [5, 5.41) is 8.69. The van der Waals surface area contributed by atoms with Crippen LogP contribution in [0.25, 0.3) is 0 Å². The SMILES string of the molecule is COc1cc(C=O)ccc1OC(C)C(=O)O. The molecule has 0 amide bonds. The molecule has 0 aliphatic rings. The van der Waals surface area contributed by atoms with Crippen molar-refractivity contribution in [3.8, 4) is 11.5 Å². The second-order valence-corrected chi connectivity index (χ2v) is 3.13. The quantitative estimate of drug-likeness (QED) is 0.764. The van der Waals surface area contributed by atoms with Gasteiger partial charge in [0, 0.05) is 5.56 Å². The van der Waals surface area contributed by atoms with Crippen LogP contribution < -0.4 is 9.47 Å². The van der Waals surface area contributed by atoms with Gasteiger partial charge in [-0.15, -0.1) is 0 Å². The molecule has 0 saturated heterocycles. The van der Waals surface area contributed by atoms with Crippen molar-refractivity contribution in [1.29, 1.82) is 0 Å². The van der Waals surface area contributed by atoms with E-state index < -0.39 is 12.1 Å². The highest BCUT2D eigenvalue weighted by molar-refractivity contribution is 5.76. The number of ether oxygens (including phenoxy) is 2. The monoisotopic (exact) mass is 224 g/mol. The zero-order chi connectivity index (χ0) is 12.1. The van der Waals surface area contributed by atoms with Crippen molar-refractivity contribution in [2.45, 2.75) is 13.0 Å². The molecule has 0 fully saturated rings. The number of carboxylic acids is 1. The molecule has 0 aliphatic carbocycles. The van der Waals surface area contributed by atoms with E-state index in [0.717, 1.165) is 0 Å². The predicted octanol–water partition coefficient (Wildman–Crippen LogP) is 1.36. The Morgan fingerprint density at radius 2 is 2.12 bits per heavy atom. The van der Waals surface area contributed by atoms with Crippen LogP contribution in [0.4, 0.5) is 0 Å². The van der Waals surface area contributed by atoms with Gasteiger partial charge < -0.3 is 14.6 Å². The Kier molecular flexibility index (Phi) is 3.88. The van der Waals surface area contributed by atoms with Crippen molar-refractivity contribution in [2.75, 3.05) is 7.11 Å². The van der Waals surface area contributed by atoms with Gasteiger partial charge >= 0.3 is 5.97 Å². The Balaban J connectivity index is 2.95. The molecule has 16 heavy (non-hydrogen) atoms. The Hall–Kier alpha value is -2.04. The molecule has 1 aromatic rings. The normalized spacial score (nSPS) is 11.6. The number of aldehydes is 1. The number of carboxylic acid groups (broad SMARTS) is 1. The van der Waals surface area contributed by atoms with Crippen LogP contribution in [0.3, 0.4) is 0 Å². The van der Waals surface area contributed by atoms with Crippen molar-refractivity contribution >= 4 is 12.3 Å². The minimum Gasteiger partial charge on any atom is -0.493 e. The number of hydrogen-bond donors (Lipinski definition) is 1. The highest BCUT2D eigenvalue weighted by Crippen LogP contribution is 2.28. The molecule has 1 atom stereocenters. The summed E-state index contributed by atoms with van der Waals surface area (Å²) < 4.78 is 10.1. The van der Waals surface area contributed by atoms with Crippen molar-refractivity contribution < 1.29 is 24.2 Å². The number of rotatable bonds is 5. The van der Waals surface area contributed by atoms with Gasteiger partial charge in [-0.25, -0.2) is 4.79 Å². The molecule has 0 bridgehead atoms. The first-order valence-corrected chi connectivity index (χ1v) is 4.61. The van der Waals surface area contributed by atoms with Crippen molar-refractivity contribution in [3.05, 3.63) is 23.8 Å². The van der Waals surface area contributed by atoms with Crippen molar-refractivity contribution in [1.82, 2.24) is 0 Å². The van der Waals surface area contributed by atoms with E-state index in [-0.39, 0.29) is 0 Å². The molecule has 5 nitrogen and oxygen atoms in total. The topological polar surface area (TPSA) is 72.8 Å². The van der Waals surface area contributed by atoms with Gasteiger partial charge in [0.2, 0.25) is 0 Å². The number of benzene rings is 1. The first kappa shape index (κ1) is 12.0. The van der Waals surface area contributed by atoms with Gasteiger partial charge in [0.25, 0.3) is 0 Å². The number of carbonyl (C=O) groups is 2. The van der Waals surface area contributed by atoms with Crippen molar-refractivity contribution in [3.63, 3.8) is 0 Å². The largest absolute Gasteiger partial charge is 0.493 e. The van der Waals surface area contributed by atoms with Crippen LogP contribution in [0.15, 0.2) is 18.2 Å². The fourth-order valence-electron chi connectivity index (χ4n) is 1.10.